The largest absolute Gasteiger partial charge is 0.354 e. The summed E-state index contributed by atoms with van der Waals surface area (Å²) in [6.45, 7) is 5.00. The SMILES string of the molecule is CC(=O)c1c(C)[nH]c(C(=O)NNC(=O)C23CC4CC(CC(C4)C2)C3)c1C. The first-order valence-corrected chi connectivity index (χ1v) is 9.60. The summed E-state index contributed by atoms with van der Waals surface area (Å²) in [7, 11) is 0. The van der Waals surface area contributed by atoms with Crippen LogP contribution in [0.4, 0.5) is 0 Å². The number of carbonyl (C=O) groups is 3. The van der Waals surface area contributed by atoms with E-state index in [4.69, 9.17) is 0 Å². The number of rotatable bonds is 3. The second-order valence-electron chi connectivity index (χ2n) is 8.79. The minimum absolute atomic E-state index is 0.0438. The summed E-state index contributed by atoms with van der Waals surface area (Å²) in [6, 6.07) is 0. The molecule has 0 saturated heterocycles. The van der Waals surface area contributed by atoms with Gasteiger partial charge in [-0.05, 0) is 82.6 Å². The second-order valence-corrected chi connectivity index (χ2v) is 8.79. The van der Waals surface area contributed by atoms with Gasteiger partial charge < -0.3 is 4.98 Å². The maximum absolute atomic E-state index is 12.9. The zero-order valence-corrected chi connectivity index (χ0v) is 15.7. The molecular formula is C20H27N3O3. The molecule has 140 valence electrons. The van der Waals surface area contributed by atoms with Crippen molar-refractivity contribution >= 4 is 17.6 Å². The van der Waals surface area contributed by atoms with Crippen molar-refractivity contribution in [1.29, 1.82) is 0 Å². The summed E-state index contributed by atoms with van der Waals surface area (Å²) in [4.78, 5) is 40.1. The first kappa shape index (κ1) is 17.3. The van der Waals surface area contributed by atoms with Crippen LogP contribution in [-0.4, -0.2) is 22.6 Å². The van der Waals surface area contributed by atoms with Gasteiger partial charge in [0.2, 0.25) is 5.91 Å². The Morgan fingerprint density at radius 3 is 1.96 bits per heavy atom. The van der Waals surface area contributed by atoms with Gasteiger partial charge in [-0.3, -0.25) is 25.2 Å². The quantitative estimate of drug-likeness (QED) is 0.574. The molecule has 6 heteroatoms. The average molecular weight is 357 g/mol. The number of carbonyl (C=O) groups excluding carboxylic acids is 3. The van der Waals surface area contributed by atoms with Crippen LogP contribution in [0.5, 0.6) is 0 Å². The minimum Gasteiger partial charge on any atom is -0.354 e. The maximum Gasteiger partial charge on any atom is 0.286 e. The number of hydrazine groups is 1. The number of ketones is 1. The molecule has 1 aromatic heterocycles. The number of H-pyrrole nitrogens is 1. The van der Waals surface area contributed by atoms with Crippen molar-refractivity contribution in [2.45, 2.75) is 59.3 Å². The Bertz CT molecular complexity index is 757. The lowest BCUT2D eigenvalue weighted by Crippen LogP contribution is -2.56. The van der Waals surface area contributed by atoms with Gasteiger partial charge in [0.25, 0.3) is 5.91 Å². The summed E-state index contributed by atoms with van der Waals surface area (Å²) in [5.74, 6) is 1.50. The molecular weight excluding hydrogens is 330 g/mol. The monoisotopic (exact) mass is 357 g/mol. The normalized spacial score (nSPS) is 31.7. The topological polar surface area (TPSA) is 91.1 Å². The fraction of sp³-hybridized carbons (Fsp3) is 0.650. The predicted octanol–water partition coefficient (Wildman–Crippen LogP) is 2.81. The van der Waals surface area contributed by atoms with Crippen LogP contribution < -0.4 is 10.9 Å². The molecule has 0 unspecified atom stereocenters. The van der Waals surface area contributed by atoms with Crippen LogP contribution in [-0.2, 0) is 4.79 Å². The van der Waals surface area contributed by atoms with E-state index in [2.05, 4.69) is 15.8 Å². The maximum atomic E-state index is 12.9. The third-order valence-electron chi connectivity index (χ3n) is 6.83. The lowest BCUT2D eigenvalue weighted by atomic mass is 9.49. The van der Waals surface area contributed by atoms with Crippen molar-refractivity contribution in [3.05, 3.63) is 22.5 Å². The van der Waals surface area contributed by atoms with Crippen LogP contribution in [0.25, 0.3) is 0 Å². The number of nitrogens with one attached hydrogen (secondary N) is 3. The average Bonchev–Trinajstić information content (AvgIpc) is 2.85. The number of hydrogen-bond donors (Lipinski definition) is 3. The number of aromatic amines is 1. The number of aryl methyl sites for hydroxylation is 1. The van der Waals surface area contributed by atoms with E-state index in [1.807, 2.05) is 0 Å². The highest BCUT2D eigenvalue weighted by Gasteiger charge is 2.54. The van der Waals surface area contributed by atoms with Gasteiger partial charge in [0.15, 0.2) is 5.78 Å². The number of Topliss-reactive ketones (excluding diaryl/α,β-unsaturated/α-hetero) is 1. The van der Waals surface area contributed by atoms with E-state index in [0.717, 1.165) is 19.3 Å². The second kappa shape index (κ2) is 5.96. The van der Waals surface area contributed by atoms with E-state index in [0.29, 0.717) is 40.3 Å². The summed E-state index contributed by atoms with van der Waals surface area (Å²) in [6.07, 6.45) is 6.68. The number of hydrogen-bond acceptors (Lipinski definition) is 3. The van der Waals surface area contributed by atoms with Gasteiger partial charge in [-0.25, -0.2) is 0 Å². The molecule has 0 aromatic carbocycles. The molecule has 0 atom stereocenters. The number of amides is 2. The zero-order valence-electron chi connectivity index (χ0n) is 15.7. The molecule has 1 heterocycles. The van der Waals surface area contributed by atoms with Crippen LogP contribution in [0.1, 0.15) is 77.6 Å². The molecule has 1 aromatic rings. The molecule has 3 N–H and O–H groups in total. The summed E-state index contributed by atoms with van der Waals surface area (Å²) in [5.41, 5.74) is 7.12. The van der Waals surface area contributed by atoms with Gasteiger partial charge in [0, 0.05) is 11.3 Å². The molecule has 0 spiro atoms. The van der Waals surface area contributed by atoms with E-state index in [9.17, 15) is 14.4 Å². The molecule has 6 nitrogen and oxygen atoms in total. The molecule has 4 bridgehead atoms. The fourth-order valence-electron chi connectivity index (χ4n) is 6.20. The Balaban J connectivity index is 1.45. The lowest BCUT2D eigenvalue weighted by Gasteiger charge is -2.55. The van der Waals surface area contributed by atoms with Crippen molar-refractivity contribution in [2.75, 3.05) is 0 Å². The smallest absolute Gasteiger partial charge is 0.286 e. The zero-order chi connectivity index (χ0) is 18.6. The fourth-order valence-corrected chi connectivity index (χ4v) is 6.20. The van der Waals surface area contributed by atoms with E-state index in [1.54, 1.807) is 13.8 Å². The highest BCUT2D eigenvalue weighted by atomic mass is 16.2. The van der Waals surface area contributed by atoms with Crippen molar-refractivity contribution in [1.82, 2.24) is 15.8 Å². The van der Waals surface area contributed by atoms with Crippen LogP contribution >= 0.6 is 0 Å². The Labute approximate surface area is 153 Å². The summed E-state index contributed by atoms with van der Waals surface area (Å²) < 4.78 is 0. The van der Waals surface area contributed by atoms with Gasteiger partial charge in [0.1, 0.15) is 5.69 Å². The highest BCUT2D eigenvalue weighted by Crippen LogP contribution is 2.60. The molecule has 0 radical (unpaired) electrons. The molecule has 26 heavy (non-hydrogen) atoms. The van der Waals surface area contributed by atoms with Crippen LogP contribution in [0.2, 0.25) is 0 Å². The standard InChI is InChI=1S/C20H27N3O3/c1-10-16(12(3)24)11(2)21-17(10)18(25)22-23-19(26)20-7-13-4-14(8-20)6-15(5-13)9-20/h13-15,21H,4-9H2,1-3H3,(H,22,25)(H,23,26). The lowest BCUT2D eigenvalue weighted by molar-refractivity contribution is -0.147. The molecule has 4 saturated carbocycles. The van der Waals surface area contributed by atoms with Gasteiger partial charge in [-0.15, -0.1) is 0 Å². The summed E-state index contributed by atoms with van der Waals surface area (Å²) in [5, 5.41) is 0. The molecule has 4 aliphatic rings. The van der Waals surface area contributed by atoms with Gasteiger partial charge in [-0.1, -0.05) is 0 Å². The van der Waals surface area contributed by atoms with Crippen LogP contribution in [0.3, 0.4) is 0 Å². The van der Waals surface area contributed by atoms with Crippen molar-refractivity contribution in [3.63, 3.8) is 0 Å². The molecule has 0 aliphatic heterocycles. The van der Waals surface area contributed by atoms with Crippen molar-refractivity contribution in [2.24, 2.45) is 23.2 Å². The summed E-state index contributed by atoms with van der Waals surface area (Å²) >= 11 is 0. The Kier molecular flexibility index (Phi) is 3.97. The highest BCUT2D eigenvalue weighted by molar-refractivity contribution is 6.03. The first-order valence-electron chi connectivity index (χ1n) is 9.60. The van der Waals surface area contributed by atoms with Crippen molar-refractivity contribution < 1.29 is 14.4 Å². The third kappa shape index (κ3) is 2.66. The van der Waals surface area contributed by atoms with Gasteiger partial charge in [0.05, 0.1) is 5.41 Å². The van der Waals surface area contributed by atoms with Gasteiger partial charge >= 0.3 is 0 Å². The third-order valence-corrected chi connectivity index (χ3v) is 6.83. The first-order chi connectivity index (χ1) is 12.3. The Morgan fingerprint density at radius 2 is 1.50 bits per heavy atom. The van der Waals surface area contributed by atoms with Crippen LogP contribution in [0, 0.1) is 37.0 Å². The Morgan fingerprint density at radius 1 is 0.962 bits per heavy atom. The number of aromatic nitrogens is 1. The minimum atomic E-state index is -0.406. The predicted molar refractivity (Wildman–Crippen MR) is 96.5 cm³/mol. The van der Waals surface area contributed by atoms with E-state index >= 15 is 0 Å². The Hall–Kier alpha value is -2.11. The van der Waals surface area contributed by atoms with Gasteiger partial charge in [-0.2, -0.15) is 0 Å². The van der Waals surface area contributed by atoms with E-state index in [-0.39, 0.29) is 17.1 Å². The van der Waals surface area contributed by atoms with Crippen molar-refractivity contribution in [3.8, 4) is 0 Å². The van der Waals surface area contributed by atoms with Crippen LogP contribution in [0.15, 0.2) is 0 Å². The molecule has 5 rings (SSSR count). The molecule has 4 fully saturated rings. The van der Waals surface area contributed by atoms with E-state index in [1.165, 1.54) is 26.2 Å². The molecule has 2 amide bonds. The van der Waals surface area contributed by atoms with E-state index < -0.39 is 5.91 Å². The molecule has 4 aliphatic carbocycles.